The van der Waals surface area contributed by atoms with Crippen LogP contribution in [0.2, 0.25) is 0 Å². The second-order valence-corrected chi connectivity index (χ2v) is 4.54. The summed E-state index contributed by atoms with van der Waals surface area (Å²) in [6.07, 6.45) is 3.35. The van der Waals surface area contributed by atoms with Crippen LogP contribution in [0, 0.1) is 0 Å². The van der Waals surface area contributed by atoms with Crippen LogP contribution in [-0.2, 0) is 0 Å². The lowest BCUT2D eigenvalue weighted by Gasteiger charge is -2.38. The first kappa shape index (κ1) is 8.81. The summed E-state index contributed by atoms with van der Waals surface area (Å²) in [5, 5.41) is 14.8. The van der Waals surface area contributed by atoms with Gasteiger partial charge in [-0.05, 0) is 32.6 Å². The molecule has 74 valence electrons. The Labute approximate surface area is 77.7 Å². The van der Waals surface area contributed by atoms with Crippen molar-refractivity contribution >= 4 is 6.09 Å². The number of fused-ring (bicyclic) bond motifs is 2. The zero-order chi connectivity index (χ0) is 9.47. The van der Waals surface area contributed by atoms with Crippen molar-refractivity contribution in [3.63, 3.8) is 0 Å². The molecule has 1 amide bonds. The molecule has 2 fully saturated rings. The fraction of sp³-hybridized carbons (Fsp3) is 0.889. The van der Waals surface area contributed by atoms with E-state index >= 15 is 0 Å². The topological polar surface area (TPSA) is 61.4 Å². The van der Waals surface area contributed by atoms with Crippen molar-refractivity contribution in [2.45, 2.75) is 50.2 Å². The molecule has 0 aromatic rings. The third-order valence-corrected chi connectivity index (χ3v) is 3.14. The molecule has 3 atom stereocenters. The number of piperidine rings is 1. The van der Waals surface area contributed by atoms with Crippen LogP contribution in [0.3, 0.4) is 0 Å². The minimum atomic E-state index is -0.899. The Morgan fingerprint density at radius 1 is 1.46 bits per heavy atom. The van der Waals surface area contributed by atoms with Gasteiger partial charge >= 0.3 is 6.09 Å². The number of carboxylic acid groups (broad SMARTS) is 1. The molecule has 4 nitrogen and oxygen atoms in total. The Morgan fingerprint density at radius 3 is 2.46 bits per heavy atom. The lowest BCUT2D eigenvalue weighted by molar-refractivity contribution is 0.161. The minimum absolute atomic E-state index is 0.205. The molecular formula is C9H16N2O2. The van der Waals surface area contributed by atoms with Gasteiger partial charge in [0, 0.05) is 17.6 Å². The Hall–Kier alpha value is -0.770. The number of rotatable bonds is 1. The van der Waals surface area contributed by atoms with E-state index in [4.69, 9.17) is 5.11 Å². The summed E-state index contributed by atoms with van der Waals surface area (Å²) >= 11 is 0. The van der Waals surface area contributed by atoms with Crippen LogP contribution in [0.1, 0.15) is 32.6 Å². The van der Waals surface area contributed by atoms with E-state index in [9.17, 15) is 4.79 Å². The fourth-order valence-electron chi connectivity index (χ4n) is 2.76. The predicted octanol–water partition coefficient (Wildman–Crippen LogP) is 0.927. The quantitative estimate of drug-likeness (QED) is 0.568. The van der Waals surface area contributed by atoms with Crippen LogP contribution in [-0.4, -0.2) is 28.8 Å². The van der Waals surface area contributed by atoms with Crippen LogP contribution in [0.4, 0.5) is 4.79 Å². The predicted molar refractivity (Wildman–Crippen MR) is 48.7 cm³/mol. The molecule has 2 aliphatic rings. The number of nitrogens with one attached hydrogen (secondary N) is 2. The molecule has 4 heteroatoms. The van der Waals surface area contributed by atoms with Crippen molar-refractivity contribution in [3.8, 4) is 0 Å². The summed E-state index contributed by atoms with van der Waals surface area (Å²) in [6.45, 7) is 2.01. The highest BCUT2D eigenvalue weighted by molar-refractivity contribution is 5.65. The maximum atomic E-state index is 10.6. The SMILES string of the molecule is CC1(NC(=O)O)C[C@H]2CC[C@@H](C1)N2. The first-order valence-corrected chi connectivity index (χ1v) is 4.85. The Kier molecular flexibility index (Phi) is 1.95. The number of amides is 1. The van der Waals surface area contributed by atoms with Gasteiger partial charge in [0.15, 0.2) is 0 Å². The van der Waals surface area contributed by atoms with Gasteiger partial charge in [0.05, 0.1) is 0 Å². The summed E-state index contributed by atoms with van der Waals surface area (Å²) < 4.78 is 0. The van der Waals surface area contributed by atoms with Crippen molar-refractivity contribution in [3.05, 3.63) is 0 Å². The van der Waals surface area contributed by atoms with Crippen molar-refractivity contribution < 1.29 is 9.90 Å². The second kappa shape index (κ2) is 2.87. The molecule has 0 spiro atoms. The van der Waals surface area contributed by atoms with Crippen LogP contribution >= 0.6 is 0 Å². The van der Waals surface area contributed by atoms with Crippen LogP contribution in [0.15, 0.2) is 0 Å². The van der Waals surface area contributed by atoms with E-state index in [2.05, 4.69) is 10.6 Å². The van der Waals surface area contributed by atoms with Gasteiger partial charge in [0.1, 0.15) is 0 Å². The van der Waals surface area contributed by atoms with Gasteiger partial charge in [0.25, 0.3) is 0 Å². The highest BCUT2D eigenvalue weighted by Gasteiger charge is 2.41. The average molecular weight is 184 g/mol. The second-order valence-electron chi connectivity index (χ2n) is 4.54. The largest absolute Gasteiger partial charge is 0.465 e. The summed E-state index contributed by atoms with van der Waals surface area (Å²) in [5.41, 5.74) is -0.205. The van der Waals surface area contributed by atoms with E-state index in [0.29, 0.717) is 12.1 Å². The monoisotopic (exact) mass is 184 g/mol. The van der Waals surface area contributed by atoms with Gasteiger partial charge in [-0.3, -0.25) is 0 Å². The minimum Gasteiger partial charge on any atom is -0.465 e. The van der Waals surface area contributed by atoms with Crippen LogP contribution in [0.5, 0.6) is 0 Å². The molecule has 0 radical (unpaired) electrons. The van der Waals surface area contributed by atoms with Crippen molar-refractivity contribution in [2.75, 3.05) is 0 Å². The van der Waals surface area contributed by atoms with Gasteiger partial charge in [-0.15, -0.1) is 0 Å². The molecule has 1 unspecified atom stereocenters. The lowest BCUT2D eigenvalue weighted by atomic mass is 9.86. The molecule has 2 rings (SSSR count). The third kappa shape index (κ3) is 1.77. The molecule has 2 bridgehead atoms. The first-order chi connectivity index (χ1) is 6.07. The van der Waals surface area contributed by atoms with Crippen LogP contribution < -0.4 is 10.6 Å². The van der Waals surface area contributed by atoms with Gasteiger partial charge in [-0.1, -0.05) is 0 Å². The number of carbonyl (C=O) groups is 1. The fourth-order valence-corrected chi connectivity index (χ4v) is 2.76. The van der Waals surface area contributed by atoms with E-state index in [1.165, 1.54) is 12.8 Å². The smallest absolute Gasteiger partial charge is 0.405 e. The van der Waals surface area contributed by atoms with E-state index < -0.39 is 6.09 Å². The third-order valence-electron chi connectivity index (χ3n) is 3.14. The summed E-state index contributed by atoms with van der Waals surface area (Å²) in [6, 6.07) is 1.05. The van der Waals surface area contributed by atoms with Gasteiger partial charge < -0.3 is 15.7 Å². The zero-order valence-corrected chi connectivity index (χ0v) is 7.84. The van der Waals surface area contributed by atoms with Crippen molar-refractivity contribution in [1.29, 1.82) is 0 Å². The van der Waals surface area contributed by atoms with Gasteiger partial charge in [0.2, 0.25) is 0 Å². The molecule has 0 saturated carbocycles. The molecule has 0 aromatic heterocycles. The summed E-state index contributed by atoms with van der Waals surface area (Å²) in [5.74, 6) is 0. The van der Waals surface area contributed by atoms with Crippen LogP contribution in [0.25, 0.3) is 0 Å². The molecule has 0 aromatic carbocycles. The molecule has 2 heterocycles. The van der Waals surface area contributed by atoms with E-state index in [-0.39, 0.29) is 5.54 Å². The highest BCUT2D eigenvalue weighted by atomic mass is 16.4. The van der Waals surface area contributed by atoms with Gasteiger partial charge in [-0.25, -0.2) is 4.79 Å². The number of hydrogen-bond acceptors (Lipinski definition) is 2. The van der Waals surface area contributed by atoms with E-state index in [1.807, 2.05) is 6.92 Å². The Bertz CT molecular complexity index is 218. The van der Waals surface area contributed by atoms with E-state index in [0.717, 1.165) is 12.8 Å². The number of hydrogen-bond donors (Lipinski definition) is 3. The summed E-state index contributed by atoms with van der Waals surface area (Å²) in [4.78, 5) is 10.6. The lowest BCUT2D eigenvalue weighted by Crippen LogP contribution is -2.55. The standard InChI is InChI=1S/C9H16N2O2/c1-9(11-8(12)13)4-6-2-3-7(5-9)10-6/h6-7,10-11H,2-5H2,1H3,(H,12,13)/t6-,7+,9?. The van der Waals surface area contributed by atoms with Crippen molar-refractivity contribution in [2.24, 2.45) is 0 Å². The maximum Gasteiger partial charge on any atom is 0.405 e. The molecule has 3 N–H and O–H groups in total. The molecule has 2 aliphatic heterocycles. The molecular weight excluding hydrogens is 168 g/mol. The zero-order valence-electron chi connectivity index (χ0n) is 7.84. The van der Waals surface area contributed by atoms with E-state index in [1.54, 1.807) is 0 Å². The first-order valence-electron chi connectivity index (χ1n) is 4.85. The molecule has 13 heavy (non-hydrogen) atoms. The van der Waals surface area contributed by atoms with Gasteiger partial charge in [-0.2, -0.15) is 0 Å². The molecule has 2 saturated heterocycles. The highest BCUT2D eigenvalue weighted by Crippen LogP contribution is 2.33. The molecule has 0 aliphatic carbocycles. The Balaban J connectivity index is 2.03. The summed E-state index contributed by atoms with van der Waals surface area (Å²) in [7, 11) is 0. The maximum absolute atomic E-state index is 10.6. The average Bonchev–Trinajstić information content (AvgIpc) is 2.27. The Morgan fingerprint density at radius 2 is 2.00 bits per heavy atom. The normalized spacial score (nSPS) is 43.2. The van der Waals surface area contributed by atoms with Crippen molar-refractivity contribution in [1.82, 2.24) is 10.6 Å².